The molecule has 0 aromatic rings. The molecule has 0 aliphatic heterocycles. The molecule has 0 amide bonds. The predicted molar refractivity (Wildman–Crippen MR) is 209 cm³/mol. The molecule has 4 N–H and O–H groups in total. The number of esters is 2. The molecule has 11 heteroatoms. The largest absolute Gasteiger partial charge is 0.469 e. The summed E-state index contributed by atoms with van der Waals surface area (Å²) in [6.45, 7) is 3.30. The Labute approximate surface area is 314 Å². The minimum absolute atomic E-state index is 0.108. The van der Waals surface area contributed by atoms with Gasteiger partial charge in [0.1, 0.15) is 6.61 Å². The van der Waals surface area contributed by atoms with Crippen molar-refractivity contribution in [3.63, 3.8) is 0 Å². The van der Waals surface area contributed by atoms with Crippen LogP contribution in [0.3, 0.4) is 0 Å². The molecule has 0 bridgehead atoms. The highest BCUT2D eigenvalue weighted by Gasteiger charge is 2.23. The molecule has 0 heterocycles. The van der Waals surface area contributed by atoms with Gasteiger partial charge < -0.3 is 29.5 Å². The molecule has 10 nitrogen and oxygen atoms in total. The first-order valence-electron chi connectivity index (χ1n) is 19.7. The van der Waals surface area contributed by atoms with E-state index in [9.17, 15) is 24.4 Å². The standard InChI is InChI=1S/C41H71O10P/c1-3-5-7-9-11-13-15-17-18-19-21-23-25-27-29-33-40(44)49-35-37(36-50-52(46,47)48)51-41(45)34-30-32-39(43)38(42)31-28-26-24-22-20-16-14-12-10-8-6-4-2/h6,8,12,14,17-18,20,22,26,28,37-39,42-43H,3-5,7,9-11,13,15-16,19,21,23-25,27,29-36H2,1-2H3,(H2,46,47,48)/b8-6-,14-12-,18-17-,22-20-,28-26-/t37-,38-,39-/m1/s1. The summed E-state index contributed by atoms with van der Waals surface area (Å²) in [6.07, 6.45) is 36.9. The van der Waals surface area contributed by atoms with Crippen molar-refractivity contribution in [2.75, 3.05) is 13.2 Å². The molecule has 0 saturated heterocycles. The number of hydrogen-bond acceptors (Lipinski definition) is 8. The average molecular weight is 755 g/mol. The number of carbonyl (C=O) groups is 2. The van der Waals surface area contributed by atoms with Crippen LogP contribution >= 0.6 is 7.82 Å². The van der Waals surface area contributed by atoms with Crippen LogP contribution in [0.25, 0.3) is 0 Å². The molecule has 0 aromatic carbocycles. The topological polar surface area (TPSA) is 160 Å². The number of hydrogen-bond donors (Lipinski definition) is 4. The smallest absolute Gasteiger partial charge is 0.462 e. The fourth-order valence-corrected chi connectivity index (χ4v) is 5.52. The van der Waals surface area contributed by atoms with E-state index >= 15 is 0 Å². The second-order valence-corrected chi connectivity index (χ2v) is 14.4. The second kappa shape index (κ2) is 35.7. The van der Waals surface area contributed by atoms with Gasteiger partial charge in [0, 0.05) is 12.8 Å². The molecule has 0 spiro atoms. The highest BCUT2D eigenvalue weighted by molar-refractivity contribution is 7.46. The maximum atomic E-state index is 12.4. The molecular weight excluding hydrogens is 683 g/mol. The monoisotopic (exact) mass is 754 g/mol. The Morgan fingerprint density at radius 3 is 1.69 bits per heavy atom. The summed E-state index contributed by atoms with van der Waals surface area (Å²) < 4.78 is 26.2. The summed E-state index contributed by atoms with van der Waals surface area (Å²) in [4.78, 5) is 42.8. The number of phosphoric acid groups is 1. The number of unbranched alkanes of at least 4 members (excludes halogenated alkanes) is 11. The molecule has 0 rings (SSSR count). The number of rotatable bonds is 35. The molecular formula is C41H71O10P. The molecule has 3 atom stereocenters. The van der Waals surface area contributed by atoms with Crippen molar-refractivity contribution in [1.29, 1.82) is 0 Å². The van der Waals surface area contributed by atoms with Gasteiger partial charge in [0.2, 0.25) is 0 Å². The zero-order chi connectivity index (χ0) is 38.5. The van der Waals surface area contributed by atoms with Gasteiger partial charge in [0.15, 0.2) is 6.10 Å². The highest BCUT2D eigenvalue weighted by Crippen LogP contribution is 2.36. The molecule has 52 heavy (non-hydrogen) atoms. The van der Waals surface area contributed by atoms with Gasteiger partial charge in [-0.1, -0.05) is 126 Å². The quantitative estimate of drug-likeness (QED) is 0.0212. The van der Waals surface area contributed by atoms with E-state index in [0.717, 1.165) is 64.2 Å². The number of phosphoric ester groups is 1. The van der Waals surface area contributed by atoms with Crippen LogP contribution < -0.4 is 0 Å². The second-order valence-electron chi connectivity index (χ2n) is 13.2. The Balaban J connectivity index is 4.24. The third kappa shape index (κ3) is 36.0. The number of aliphatic hydroxyl groups excluding tert-OH is 2. The first-order chi connectivity index (χ1) is 25.1. The van der Waals surface area contributed by atoms with Crippen molar-refractivity contribution in [2.45, 2.75) is 173 Å². The van der Waals surface area contributed by atoms with Crippen molar-refractivity contribution < 1.29 is 48.2 Å². The normalized spacial score (nSPS) is 14.3. The lowest BCUT2D eigenvalue weighted by Crippen LogP contribution is -2.30. The Morgan fingerprint density at radius 1 is 0.596 bits per heavy atom. The zero-order valence-electron chi connectivity index (χ0n) is 32.2. The van der Waals surface area contributed by atoms with Crippen LogP contribution in [0.5, 0.6) is 0 Å². The van der Waals surface area contributed by atoms with E-state index in [-0.39, 0.29) is 32.1 Å². The molecule has 0 unspecified atom stereocenters. The van der Waals surface area contributed by atoms with Crippen LogP contribution in [0.15, 0.2) is 60.8 Å². The SMILES string of the molecule is CC/C=C\C/C=C\C/C=C\C/C=C\C[C@@H](O)[C@H](O)CCCC(=O)O[C@H](COC(=O)CCCCCCC/C=C\CCCCCCCC)COP(=O)(O)O. The average Bonchev–Trinajstić information content (AvgIpc) is 3.11. The maximum Gasteiger partial charge on any atom is 0.469 e. The van der Waals surface area contributed by atoms with Crippen molar-refractivity contribution >= 4 is 19.8 Å². The Kier molecular flexibility index (Phi) is 34.1. The van der Waals surface area contributed by atoms with E-state index in [1.165, 1.54) is 38.5 Å². The van der Waals surface area contributed by atoms with Crippen LogP contribution in [0.2, 0.25) is 0 Å². The van der Waals surface area contributed by atoms with Crippen molar-refractivity contribution in [1.82, 2.24) is 0 Å². The molecule has 0 radical (unpaired) electrons. The number of aliphatic hydroxyl groups is 2. The first-order valence-corrected chi connectivity index (χ1v) is 21.3. The van der Waals surface area contributed by atoms with Gasteiger partial charge in [0.05, 0.1) is 18.8 Å². The zero-order valence-corrected chi connectivity index (χ0v) is 33.1. The molecule has 300 valence electrons. The van der Waals surface area contributed by atoms with Crippen molar-refractivity contribution in [2.24, 2.45) is 0 Å². The third-order valence-electron chi connectivity index (χ3n) is 8.22. The molecule has 0 aromatic heterocycles. The maximum absolute atomic E-state index is 12.4. The highest BCUT2D eigenvalue weighted by atomic mass is 31.2. The fraction of sp³-hybridized carbons (Fsp3) is 0.707. The first kappa shape index (κ1) is 49.7. The molecule has 0 aliphatic carbocycles. The van der Waals surface area contributed by atoms with E-state index in [2.05, 4.69) is 60.9 Å². The number of allylic oxidation sites excluding steroid dienone is 9. The lowest BCUT2D eigenvalue weighted by molar-refractivity contribution is -0.161. The van der Waals surface area contributed by atoms with Gasteiger partial charge in [-0.3, -0.25) is 14.1 Å². The molecule has 0 aliphatic rings. The fourth-order valence-electron chi connectivity index (χ4n) is 5.16. The van der Waals surface area contributed by atoms with Crippen LogP contribution in [0, 0.1) is 0 Å². The Morgan fingerprint density at radius 2 is 1.12 bits per heavy atom. The van der Waals surface area contributed by atoms with E-state index < -0.39 is 51.3 Å². The van der Waals surface area contributed by atoms with E-state index in [1.54, 1.807) is 0 Å². The Hall–Kier alpha value is -2.33. The number of ether oxygens (including phenoxy) is 2. The van der Waals surface area contributed by atoms with Crippen molar-refractivity contribution in [3.05, 3.63) is 60.8 Å². The third-order valence-corrected chi connectivity index (χ3v) is 8.71. The minimum atomic E-state index is -4.84. The minimum Gasteiger partial charge on any atom is -0.462 e. The summed E-state index contributed by atoms with van der Waals surface area (Å²) in [6, 6.07) is 0. The van der Waals surface area contributed by atoms with Gasteiger partial charge in [-0.05, 0) is 77.0 Å². The van der Waals surface area contributed by atoms with Crippen LogP contribution in [0.4, 0.5) is 0 Å². The van der Waals surface area contributed by atoms with Crippen molar-refractivity contribution in [3.8, 4) is 0 Å². The molecule has 0 saturated carbocycles. The lowest BCUT2D eigenvalue weighted by atomic mass is 10.0. The predicted octanol–water partition coefficient (Wildman–Crippen LogP) is 9.68. The van der Waals surface area contributed by atoms with Gasteiger partial charge in [-0.15, -0.1) is 0 Å². The number of carbonyl (C=O) groups excluding carboxylic acids is 2. The van der Waals surface area contributed by atoms with Gasteiger partial charge in [-0.25, -0.2) is 4.57 Å². The summed E-state index contributed by atoms with van der Waals surface area (Å²) in [5.41, 5.74) is 0. The summed E-state index contributed by atoms with van der Waals surface area (Å²) in [7, 11) is -4.84. The van der Waals surface area contributed by atoms with E-state index in [1.807, 2.05) is 18.2 Å². The van der Waals surface area contributed by atoms with Crippen LogP contribution in [0.1, 0.15) is 155 Å². The van der Waals surface area contributed by atoms with Gasteiger partial charge in [0.25, 0.3) is 0 Å². The summed E-state index contributed by atoms with van der Waals surface area (Å²) in [5, 5.41) is 20.5. The summed E-state index contributed by atoms with van der Waals surface area (Å²) in [5.74, 6) is -1.19. The van der Waals surface area contributed by atoms with Gasteiger partial charge in [-0.2, -0.15) is 0 Å². The Bertz CT molecular complexity index is 1060. The van der Waals surface area contributed by atoms with Crippen LogP contribution in [-0.4, -0.2) is 63.5 Å². The lowest BCUT2D eigenvalue weighted by Gasteiger charge is -2.19. The van der Waals surface area contributed by atoms with E-state index in [4.69, 9.17) is 19.3 Å². The molecule has 0 fully saturated rings. The van der Waals surface area contributed by atoms with E-state index in [0.29, 0.717) is 6.42 Å². The van der Waals surface area contributed by atoms with Gasteiger partial charge >= 0.3 is 19.8 Å². The van der Waals surface area contributed by atoms with Crippen LogP contribution in [-0.2, 0) is 28.2 Å². The summed E-state index contributed by atoms with van der Waals surface area (Å²) >= 11 is 0.